The molecule has 1 aromatic heterocycles. The first kappa shape index (κ1) is 14.7. The fraction of sp³-hybridized carbons (Fsp3) is 0.750. The number of aromatic nitrogens is 2. The summed E-state index contributed by atoms with van der Waals surface area (Å²) in [6.07, 6.45) is 5.23. The second-order valence-corrected chi connectivity index (χ2v) is 6.53. The number of nitrogens with zero attached hydrogens (tertiary/aromatic N) is 4. The summed E-state index contributed by atoms with van der Waals surface area (Å²) in [5.41, 5.74) is 1.24. The van der Waals surface area contributed by atoms with E-state index in [1.54, 1.807) is 0 Å². The van der Waals surface area contributed by atoms with Crippen molar-refractivity contribution in [2.24, 2.45) is 0 Å². The zero-order valence-corrected chi connectivity index (χ0v) is 13.5. The van der Waals surface area contributed by atoms with Gasteiger partial charge in [0.1, 0.15) is 11.6 Å². The van der Waals surface area contributed by atoms with Crippen LogP contribution in [0.2, 0.25) is 0 Å². The zero-order chi connectivity index (χ0) is 14.8. The highest BCUT2D eigenvalue weighted by Gasteiger charge is 2.28. The maximum absolute atomic E-state index is 4.95. The number of hydrogen-bond donors (Lipinski definition) is 1. The first-order valence-corrected chi connectivity index (χ1v) is 8.13. The van der Waals surface area contributed by atoms with Gasteiger partial charge in [0.25, 0.3) is 0 Å². The molecule has 1 atom stereocenters. The summed E-state index contributed by atoms with van der Waals surface area (Å²) in [7, 11) is 6.31. The molecule has 0 amide bonds. The third-order valence-electron chi connectivity index (χ3n) is 4.94. The number of piperazine rings is 1. The lowest BCUT2D eigenvalue weighted by Gasteiger charge is -2.37. The van der Waals surface area contributed by atoms with Crippen molar-refractivity contribution in [2.45, 2.75) is 37.6 Å². The van der Waals surface area contributed by atoms with Gasteiger partial charge < -0.3 is 10.2 Å². The van der Waals surface area contributed by atoms with Crippen LogP contribution in [0.3, 0.4) is 0 Å². The van der Waals surface area contributed by atoms with Crippen molar-refractivity contribution < 1.29 is 0 Å². The second-order valence-electron chi connectivity index (χ2n) is 6.53. The van der Waals surface area contributed by atoms with Gasteiger partial charge in [0, 0.05) is 44.4 Å². The van der Waals surface area contributed by atoms with E-state index in [1.165, 1.54) is 31.4 Å². The number of hydrogen-bond acceptors (Lipinski definition) is 5. The van der Waals surface area contributed by atoms with Crippen molar-refractivity contribution in [1.82, 2.24) is 19.8 Å². The summed E-state index contributed by atoms with van der Waals surface area (Å²) in [6, 6.07) is 2.45. The molecule has 5 nitrogen and oxygen atoms in total. The van der Waals surface area contributed by atoms with Crippen molar-refractivity contribution >= 4 is 5.82 Å². The van der Waals surface area contributed by atoms with Crippen LogP contribution in [-0.2, 0) is 0 Å². The Kier molecular flexibility index (Phi) is 4.40. The maximum Gasteiger partial charge on any atom is 0.149 e. The molecule has 2 heterocycles. The average Bonchev–Trinajstić information content (AvgIpc) is 3.03. The van der Waals surface area contributed by atoms with Crippen LogP contribution in [0.25, 0.3) is 0 Å². The van der Waals surface area contributed by atoms with E-state index >= 15 is 0 Å². The van der Waals surface area contributed by atoms with E-state index in [0.29, 0.717) is 12.0 Å². The molecule has 1 N–H and O–H groups in total. The molecule has 3 rings (SSSR count). The van der Waals surface area contributed by atoms with Crippen LogP contribution >= 0.6 is 0 Å². The minimum absolute atomic E-state index is 0.303. The van der Waals surface area contributed by atoms with E-state index in [0.717, 1.165) is 31.3 Å². The molecule has 1 unspecified atom stereocenters. The molecule has 2 aliphatic rings. The average molecular weight is 289 g/mol. The molecule has 1 aliphatic carbocycles. The minimum Gasteiger partial charge on any atom is -0.373 e. The van der Waals surface area contributed by atoms with Gasteiger partial charge in [0.2, 0.25) is 0 Å². The van der Waals surface area contributed by atoms with Crippen LogP contribution in [-0.4, -0.2) is 60.5 Å². The Hall–Kier alpha value is -1.20. The highest BCUT2D eigenvalue weighted by atomic mass is 15.3. The lowest BCUT2D eigenvalue weighted by molar-refractivity contribution is 0.109. The first-order valence-electron chi connectivity index (χ1n) is 8.13. The second kappa shape index (κ2) is 6.28. The Balaban J connectivity index is 1.91. The van der Waals surface area contributed by atoms with Gasteiger partial charge in [-0.25, -0.2) is 9.97 Å². The van der Waals surface area contributed by atoms with Crippen molar-refractivity contribution in [3.63, 3.8) is 0 Å². The summed E-state index contributed by atoms with van der Waals surface area (Å²) in [5.74, 6) is 2.58. The van der Waals surface area contributed by atoms with E-state index < -0.39 is 0 Å². The van der Waals surface area contributed by atoms with E-state index in [-0.39, 0.29) is 0 Å². The molecule has 1 saturated heterocycles. The Morgan fingerprint density at radius 2 is 1.90 bits per heavy atom. The van der Waals surface area contributed by atoms with Gasteiger partial charge in [-0.3, -0.25) is 4.90 Å². The largest absolute Gasteiger partial charge is 0.373 e. The molecular formula is C16H27N5. The molecule has 1 saturated carbocycles. The molecule has 2 fully saturated rings. The van der Waals surface area contributed by atoms with Crippen molar-refractivity contribution in [3.05, 3.63) is 17.6 Å². The van der Waals surface area contributed by atoms with E-state index in [2.05, 4.69) is 35.3 Å². The molecule has 0 bridgehead atoms. The quantitative estimate of drug-likeness (QED) is 0.923. The van der Waals surface area contributed by atoms with Crippen LogP contribution in [0.15, 0.2) is 6.07 Å². The topological polar surface area (TPSA) is 44.3 Å². The van der Waals surface area contributed by atoms with Crippen LogP contribution in [0.5, 0.6) is 0 Å². The molecule has 0 aromatic carbocycles. The molecular weight excluding hydrogens is 262 g/mol. The van der Waals surface area contributed by atoms with Crippen LogP contribution in [0.1, 0.15) is 49.2 Å². The van der Waals surface area contributed by atoms with E-state index in [9.17, 15) is 0 Å². The van der Waals surface area contributed by atoms with Gasteiger partial charge in [0.05, 0.1) is 6.04 Å². The minimum atomic E-state index is 0.303. The third-order valence-corrected chi connectivity index (χ3v) is 4.94. The standard InChI is InChI=1S/C16H27N5/c1-17-15-10-13(12-6-4-5-7-12)18-16(19-15)14-11-20(2)8-9-21(14)3/h10,12,14H,4-9,11H2,1-3H3,(H,17,18,19). The van der Waals surface area contributed by atoms with Gasteiger partial charge in [0.15, 0.2) is 0 Å². The number of nitrogens with one attached hydrogen (secondary N) is 1. The van der Waals surface area contributed by atoms with Gasteiger partial charge in [-0.15, -0.1) is 0 Å². The van der Waals surface area contributed by atoms with Gasteiger partial charge in [-0.1, -0.05) is 12.8 Å². The molecule has 21 heavy (non-hydrogen) atoms. The molecule has 116 valence electrons. The van der Waals surface area contributed by atoms with Crippen molar-refractivity contribution in [2.75, 3.05) is 46.1 Å². The van der Waals surface area contributed by atoms with E-state index in [4.69, 9.17) is 9.97 Å². The van der Waals surface area contributed by atoms with Crippen LogP contribution in [0.4, 0.5) is 5.82 Å². The lowest BCUT2D eigenvalue weighted by atomic mass is 10.0. The van der Waals surface area contributed by atoms with Crippen molar-refractivity contribution in [3.8, 4) is 0 Å². The van der Waals surface area contributed by atoms with Crippen molar-refractivity contribution in [1.29, 1.82) is 0 Å². The number of anilines is 1. The predicted octanol–water partition coefficient (Wildman–Crippen LogP) is 2.09. The van der Waals surface area contributed by atoms with Gasteiger partial charge in [-0.05, 0) is 26.9 Å². The summed E-state index contributed by atoms with van der Waals surface area (Å²) in [5, 5.41) is 3.21. The highest BCUT2D eigenvalue weighted by Crippen LogP contribution is 2.34. The molecule has 0 spiro atoms. The zero-order valence-electron chi connectivity index (χ0n) is 13.5. The highest BCUT2D eigenvalue weighted by molar-refractivity contribution is 5.37. The van der Waals surface area contributed by atoms with E-state index in [1.807, 2.05) is 7.05 Å². The summed E-state index contributed by atoms with van der Waals surface area (Å²) in [6.45, 7) is 3.20. The number of likely N-dealkylation sites (N-methyl/N-ethyl adjacent to an activating group) is 2. The monoisotopic (exact) mass is 289 g/mol. The maximum atomic E-state index is 4.95. The molecule has 1 aliphatic heterocycles. The van der Waals surface area contributed by atoms with Gasteiger partial charge >= 0.3 is 0 Å². The normalized spacial score (nSPS) is 25.4. The summed E-state index contributed by atoms with van der Waals surface area (Å²) in [4.78, 5) is 14.4. The molecule has 1 aromatic rings. The Bertz CT molecular complexity index is 484. The molecule has 5 heteroatoms. The first-order chi connectivity index (χ1) is 10.2. The Morgan fingerprint density at radius 3 is 2.62 bits per heavy atom. The smallest absolute Gasteiger partial charge is 0.149 e. The van der Waals surface area contributed by atoms with Crippen LogP contribution in [0, 0.1) is 0 Å². The fourth-order valence-corrected chi connectivity index (χ4v) is 3.48. The lowest BCUT2D eigenvalue weighted by Crippen LogP contribution is -2.45. The number of rotatable bonds is 3. The summed E-state index contributed by atoms with van der Waals surface area (Å²) < 4.78 is 0. The fourth-order valence-electron chi connectivity index (χ4n) is 3.48. The Morgan fingerprint density at radius 1 is 1.14 bits per heavy atom. The third kappa shape index (κ3) is 3.19. The Labute approximate surface area is 127 Å². The van der Waals surface area contributed by atoms with Crippen LogP contribution < -0.4 is 5.32 Å². The molecule has 0 radical (unpaired) electrons. The summed E-state index contributed by atoms with van der Waals surface area (Å²) >= 11 is 0. The van der Waals surface area contributed by atoms with Gasteiger partial charge in [-0.2, -0.15) is 0 Å². The predicted molar refractivity (Wildman–Crippen MR) is 85.7 cm³/mol. The SMILES string of the molecule is CNc1cc(C2CCCC2)nc(C2CN(C)CCN2C)n1.